The van der Waals surface area contributed by atoms with E-state index in [2.05, 4.69) is 15.5 Å². The van der Waals surface area contributed by atoms with Crippen molar-refractivity contribution < 1.29 is 14.0 Å². The van der Waals surface area contributed by atoms with Crippen LogP contribution in [0.15, 0.2) is 47.0 Å². The van der Waals surface area contributed by atoms with Crippen molar-refractivity contribution in [3.63, 3.8) is 0 Å². The minimum Gasteiger partial charge on any atom is -0.486 e. The number of nitrogens with zero attached hydrogens (tertiary/aromatic N) is 2. The minimum atomic E-state index is 0.573. The summed E-state index contributed by atoms with van der Waals surface area (Å²) in [6.45, 7) is 2.66. The van der Waals surface area contributed by atoms with E-state index >= 15 is 0 Å². The highest BCUT2D eigenvalue weighted by atomic mass is 35.5. The molecule has 0 aliphatic carbocycles. The molecule has 0 radical (unpaired) electrons. The molecule has 2 heterocycles. The molecule has 0 atom stereocenters. The second-order valence-electron chi connectivity index (χ2n) is 5.92. The van der Waals surface area contributed by atoms with Crippen LogP contribution in [0.25, 0.3) is 11.4 Å². The molecule has 1 aromatic heterocycles. The summed E-state index contributed by atoms with van der Waals surface area (Å²) in [5.41, 5.74) is 2.02. The lowest BCUT2D eigenvalue weighted by Crippen LogP contribution is -2.18. The van der Waals surface area contributed by atoms with Gasteiger partial charge in [-0.2, -0.15) is 4.98 Å². The molecule has 26 heavy (non-hydrogen) atoms. The van der Waals surface area contributed by atoms with Gasteiger partial charge in [-0.25, -0.2) is 0 Å². The Morgan fingerprint density at radius 3 is 2.65 bits per heavy atom. The van der Waals surface area contributed by atoms with Crippen LogP contribution in [-0.2, 0) is 13.0 Å². The van der Waals surface area contributed by atoms with Gasteiger partial charge in [0.15, 0.2) is 11.5 Å². The largest absolute Gasteiger partial charge is 0.486 e. The topological polar surface area (TPSA) is 69.4 Å². The number of hydrogen-bond acceptors (Lipinski definition) is 6. The lowest BCUT2D eigenvalue weighted by atomic mass is 10.2. The lowest BCUT2D eigenvalue weighted by Gasteiger charge is -2.18. The van der Waals surface area contributed by atoms with E-state index in [1.165, 1.54) is 0 Å². The quantitative estimate of drug-likeness (QED) is 0.669. The molecule has 3 aromatic rings. The van der Waals surface area contributed by atoms with Gasteiger partial charge in [0, 0.05) is 30.1 Å². The predicted octanol–water partition coefficient (Wildman–Crippen LogP) is 3.49. The molecule has 0 unspecified atom stereocenters. The van der Waals surface area contributed by atoms with Crippen molar-refractivity contribution in [2.75, 3.05) is 19.8 Å². The Kier molecular flexibility index (Phi) is 5.04. The lowest BCUT2D eigenvalue weighted by molar-refractivity contribution is 0.171. The van der Waals surface area contributed by atoms with Gasteiger partial charge in [-0.3, -0.25) is 0 Å². The maximum atomic E-state index is 5.89. The van der Waals surface area contributed by atoms with Gasteiger partial charge < -0.3 is 19.3 Å². The van der Waals surface area contributed by atoms with E-state index in [1.807, 2.05) is 42.5 Å². The fraction of sp³-hybridized carbons (Fsp3) is 0.263. The standard InChI is InChI=1S/C19H18ClN3O3/c20-15-4-2-14(3-5-15)19-22-18(26-23-19)7-8-21-12-13-1-6-16-17(11-13)25-10-9-24-16/h1-6,11,21H,7-10,12H2. The van der Waals surface area contributed by atoms with Crippen molar-refractivity contribution in [1.82, 2.24) is 15.5 Å². The molecule has 0 amide bonds. The fourth-order valence-electron chi connectivity index (χ4n) is 2.70. The monoisotopic (exact) mass is 371 g/mol. The number of nitrogens with one attached hydrogen (secondary N) is 1. The van der Waals surface area contributed by atoms with Gasteiger partial charge in [-0.05, 0) is 42.0 Å². The molecule has 6 nitrogen and oxygen atoms in total. The summed E-state index contributed by atoms with van der Waals surface area (Å²) >= 11 is 5.89. The fourth-order valence-corrected chi connectivity index (χ4v) is 2.82. The zero-order valence-corrected chi connectivity index (χ0v) is 14.8. The summed E-state index contributed by atoms with van der Waals surface area (Å²) in [7, 11) is 0. The third-order valence-electron chi connectivity index (χ3n) is 4.02. The third kappa shape index (κ3) is 3.98. The average molecular weight is 372 g/mol. The zero-order valence-electron chi connectivity index (χ0n) is 14.1. The van der Waals surface area contributed by atoms with Gasteiger partial charge in [0.2, 0.25) is 11.7 Å². The van der Waals surface area contributed by atoms with Crippen LogP contribution in [0.5, 0.6) is 11.5 Å². The molecule has 0 bridgehead atoms. The Morgan fingerprint density at radius 1 is 1.00 bits per heavy atom. The van der Waals surface area contributed by atoms with Crippen molar-refractivity contribution in [3.8, 4) is 22.9 Å². The molecular formula is C19H18ClN3O3. The van der Waals surface area contributed by atoms with E-state index in [9.17, 15) is 0 Å². The number of hydrogen-bond donors (Lipinski definition) is 1. The normalized spacial score (nSPS) is 13.0. The predicted molar refractivity (Wildman–Crippen MR) is 97.6 cm³/mol. The summed E-state index contributed by atoms with van der Waals surface area (Å²) < 4.78 is 16.4. The molecule has 1 aliphatic heterocycles. The number of rotatable bonds is 6. The highest BCUT2D eigenvalue weighted by Crippen LogP contribution is 2.30. The molecule has 0 saturated carbocycles. The van der Waals surface area contributed by atoms with E-state index in [-0.39, 0.29) is 0 Å². The van der Waals surface area contributed by atoms with Crippen LogP contribution in [0.2, 0.25) is 5.02 Å². The second-order valence-corrected chi connectivity index (χ2v) is 6.36. The number of aromatic nitrogens is 2. The van der Waals surface area contributed by atoms with Crippen molar-refractivity contribution in [2.24, 2.45) is 0 Å². The van der Waals surface area contributed by atoms with Crippen LogP contribution in [0, 0.1) is 0 Å². The number of fused-ring (bicyclic) bond motifs is 1. The third-order valence-corrected chi connectivity index (χ3v) is 4.27. The van der Waals surface area contributed by atoms with Gasteiger partial charge in [0.1, 0.15) is 13.2 Å². The number of benzene rings is 2. The smallest absolute Gasteiger partial charge is 0.228 e. The summed E-state index contributed by atoms with van der Waals surface area (Å²) in [4.78, 5) is 4.41. The second kappa shape index (κ2) is 7.76. The van der Waals surface area contributed by atoms with Gasteiger partial charge in [0.25, 0.3) is 0 Å². The van der Waals surface area contributed by atoms with Crippen LogP contribution in [-0.4, -0.2) is 29.9 Å². The maximum Gasteiger partial charge on any atom is 0.228 e. The van der Waals surface area contributed by atoms with Crippen LogP contribution in [0.4, 0.5) is 0 Å². The van der Waals surface area contributed by atoms with Crippen molar-refractivity contribution in [3.05, 3.63) is 58.9 Å². The van der Waals surface area contributed by atoms with Crippen LogP contribution >= 0.6 is 11.6 Å². The first-order valence-corrected chi connectivity index (χ1v) is 8.83. The number of halogens is 1. The molecule has 0 spiro atoms. The van der Waals surface area contributed by atoms with Gasteiger partial charge in [0.05, 0.1) is 0 Å². The molecule has 0 saturated heterocycles. The van der Waals surface area contributed by atoms with E-state index in [0.717, 1.165) is 35.7 Å². The van der Waals surface area contributed by atoms with E-state index in [0.29, 0.717) is 36.4 Å². The summed E-state index contributed by atoms with van der Waals surface area (Å²) in [6.07, 6.45) is 0.658. The minimum absolute atomic E-state index is 0.573. The first-order valence-electron chi connectivity index (χ1n) is 8.46. The molecule has 1 aliphatic rings. The maximum absolute atomic E-state index is 5.89. The Hall–Kier alpha value is -2.57. The SMILES string of the molecule is Clc1ccc(-c2noc(CCNCc3ccc4c(c3)OCCO4)n2)cc1. The summed E-state index contributed by atoms with van der Waals surface area (Å²) in [6, 6.07) is 13.3. The molecule has 1 N–H and O–H groups in total. The molecule has 7 heteroatoms. The molecule has 4 rings (SSSR count). The Bertz CT molecular complexity index is 880. The van der Waals surface area contributed by atoms with Gasteiger partial charge in [-0.15, -0.1) is 0 Å². The van der Waals surface area contributed by atoms with Gasteiger partial charge >= 0.3 is 0 Å². The summed E-state index contributed by atoms with van der Waals surface area (Å²) in [5.74, 6) is 2.79. The molecule has 0 fully saturated rings. The van der Waals surface area contributed by atoms with Crippen molar-refractivity contribution in [2.45, 2.75) is 13.0 Å². The molecule has 2 aromatic carbocycles. The zero-order chi connectivity index (χ0) is 17.8. The Balaban J connectivity index is 1.28. The van der Waals surface area contributed by atoms with Crippen molar-refractivity contribution >= 4 is 11.6 Å². The van der Waals surface area contributed by atoms with E-state index in [4.69, 9.17) is 25.6 Å². The first kappa shape index (κ1) is 16.9. The highest BCUT2D eigenvalue weighted by Gasteiger charge is 2.12. The van der Waals surface area contributed by atoms with E-state index in [1.54, 1.807) is 0 Å². The first-order chi connectivity index (χ1) is 12.8. The van der Waals surface area contributed by atoms with Crippen LogP contribution in [0.1, 0.15) is 11.5 Å². The van der Waals surface area contributed by atoms with Gasteiger partial charge in [-0.1, -0.05) is 22.8 Å². The summed E-state index contributed by atoms with van der Waals surface area (Å²) in [5, 5.41) is 8.07. The van der Waals surface area contributed by atoms with Crippen molar-refractivity contribution in [1.29, 1.82) is 0 Å². The Morgan fingerprint density at radius 2 is 1.81 bits per heavy atom. The molecular weight excluding hydrogens is 354 g/mol. The Labute approximate surface area is 156 Å². The average Bonchev–Trinajstić information content (AvgIpc) is 3.15. The highest BCUT2D eigenvalue weighted by molar-refractivity contribution is 6.30. The van der Waals surface area contributed by atoms with E-state index < -0.39 is 0 Å². The van der Waals surface area contributed by atoms with Crippen LogP contribution < -0.4 is 14.8 Å². The molecule has 134 valence electrons. The number of ether oxygens (including phenoxy) is 2. The van der Waals surface area contributed by atoms with Crippen LogP contribution in [0.3, 0.4) is 0 Å².